The van der Waals surface area contributed by atoms with Crippen molar-refractivity contribution in [2.75, 3.05) is 23.8 Å². The van der Waals surface area contributed by atoms with Crippen LogP contribution in [0.2, 0.25) is 0 Å². The van der Waals surface area contributed by atoms with Crippen molar-refractivity contribution in [3.8, 4) is 0 Å². The van der Waals surface area contributed by atoms with Crippen LogP contribution in [0.25, 0.3) is 0 Å². The van der Waals surface area contributed by atoms with Crippen LogP contribution in [-0.4, -0.2) is 28.8 Å². The first kappa shape index (κ1) is 12.8. The molecule has 0 aliphatic rings. The molecule has 3 N–H and O–H groups in total. The molecular weight excluding hydrogens is 202 g/mol. The van der Waals surface area contributed by atoms with Crippen molar-refractivity contribution in [2.24, 2.45) is 0 Å². The number of aromatic nitrogens is 1. The minimum Gasteiger partial charge on any atom is -0.394 e. The summed E-state index contributed by atoms with van der Waals surface area (Å²) in [4.78, 5) is 4.20. The number of pyridine rings is 1. The van der Waals surface area contributed by atoms with E-state index in [0.717, 1.165) is 24.5 Å². The molecular formula is C12H21N3O. The molecule has 0 amide bonds. The highest BCUT2D eigenvalue weighted by Gasteiger charge is 2.20. The number of hydrogen-bond acceptors (Lipinski definition) is 4. The van der Waals surface area contributed by atoms with E-state index in [-0.39, 0.29) is 12.1 Å². The maximum atomic E-state index is 9.33. The summed E-state index contributed by atoms with van der Waals surface area (Å²) in [5.41, 5.74) is 0.703. The van der Waals surface area contributed by atoms with E-state index in [2.05, 4.69) is 22.5 Å². The fraction of sp³-hybridized carbons (Fsp3) is 0.583. The lowest BCUT2D eigenvalue weighted by Crippen LogP contribution is -2.37. The van der Waals surface area contributed by atoms with Crippen molar-refractivity contribution < 1.29 is 5.11 Å². The van der Waals surface area contributed by atoms with E-state index in [4.69, 9.17) is 0 Å². The van der Waals surface area contributed by atoms with Crippen LogP contribution < -0.4 is 10.6 Å². The Bertz CT molecular complexity index is 324. The molecule has 1 atom stereocenters. The van der Waals surface area contributed by atoms with Crippen molar-refractivity contribution >= 4 is 11.5 Å². The van der Waals surface area contributed by atoms with Crippen LogP contribution in [0.1, 0.15) is 27.2 Å². The van der Waals surface area contributed by atoms with Gasteiger partial charge in [-0.3, -0.25) is 0 Å². The minimum absolute atomic E-state index is 0.113. The zero-order valence-corrected chi connectivity index (χ0v) is 10.2. The SMILES string of the molecule is CCNc1cc(NC(C)(CC)CO)ccn1. The molecule has 1 aromatic heterocycles. The molecule has 1 unspecified atom stereocenters. The molecule has 0 aliphatic heterocycles. The van der Waals surface area contributed by atoms with Gasteiger partial charge in [-0.15, -0.1) is 0 Å². The Labute approximate surface area is 97.1 Å². The second-order valence-electron chi connectivity index (χ2n) is 4.16. The second kappa shape index (κ2) is 5.70. The van der Waals surface area contributed by atoms with Crippen LogP contribution in [0.3, 0.4) is 0 Å². The zero-order valence-electron chi connectivity index (χ0n) is 10.2. The number of aliphatic hydroxyl groups is 1. The van der Waals surface area contributed by atoms with Crippen LogP contribution in [0.4, 0.5) is 11.5 Å². The Hall–Kier alpha value is -1.29. The van der Waals surface area contributed by atoms with Gasteiger partial charge in [-0.1, -0.05) is 6.92 Å². The molecule has 90 valence electrons. The summed E-state index contributed by atoms with van der Waals surface area (Å²) in [5, 5.41) is 15.8. The van der Waals surface area contributed by atoms with Crippen LogP contribution >= 0.6 is 0 Å². The van der Waals surface area contributed by atoms with Crippen molar-refractivity contribution in [1.82, 2.24) is 4.98 Å². The van der Waals surface area contributed by atoms with Gasteiger partial charge in [0, 0.05) is 24.5 Å². The third-order valence-electron chi connectivity index (χ3n) is 2.69. The van der Waals surface area contributed by atoms with Gasteiger partial charge in [-0.25, -0.2) is 4.98 Å². The van der Waals surface area contributed by atoms with Crippen molar-refractivity contribution in [3.63, 3.8) is 0 Å². The van der Waals surface area contributed by atoms with Crippen LogP contribution in [0.5, 0.6) is 0 Å². The third kappa shape index (κ3) is 3.38. The van der Waals surface area contributed by atoms with Crippen molar-refractivity contribution in [1.29, 1.82) is 0 Å². The molecule has 0 saturated carbocycles. The summed E-state index contributed by atoms with van der Waals surface area (Å²) in [6, 6.07) is 3.86. The molecule has 0 spiro atoms. The van der Waals surface area contributed by atoms with Gasteiger partial charge in [-0.05, 0) is 26.3 Å². The van der Waals surface area contributed by atoms with Crippen LogP contribution in [-0.2, 0) is 0 Å². The first-order valence-corrected chi connectivity index (χ1v) is 5.72. The lowest BCUT2D eigenvalue weighted by molar-refractivity contribution is 0.219. The molecule has 1 rings (SSSR count). The predicted octanol–water partition coefficient (Wildman–Crippen LogP) is 2.09. The average molecular weight is 223 g/mol. The number of nitrogens with one attached hydrogen (secondary N) is 2. The highest BCUT2D eigenvalue weighted by Crippen LogP contribution is 2.19. The summed E-state index contributed by atoms with van der Waals surface area (Å²) in [5.74, 6) is 0.851. The quantitative estimate of drug-likeness (QED) is 0.691. The lowest BCUT2D eigenvalue weighted by Gasteiger charge is -2.28. The number of anilines is 2. The fourth-order valence-electron chi connectivity index (χ4n) is 1.37. The molecule has 1 aromatic rings. The highest BCUT2D eigenvalue weighted by atomic mass is 16.3. The first-order valence-electron chi connectivity index (χ1n) is 5.72. The lowest BCUT2D eigenvalue weighted by atomic mass is 10.00. The topological polar surface area (TPSA) is 57.2 Å². The first-order chi connectivity index (χ1) is 7.63. The predicted molar refractivity (Wildman–Crippen MR) is 67.8 cm³/mol. The Morgan fingerprint density at radius 2 is 2.19 bits per heavy atom. The molecule has 0 saturated heterocycles. The largest absolute Gasteiger partial charge is 0.394 e. The van der Waals surface area contributed by atoms with E-state index in [0.29, 0.717) is 0 Å². The second-order valence-corrected chi connectivity index (χ2v) is 4.16. The Balaban J connectivity index is 2.76. The summed E-state index contributed by atoms with van der Waals surface area (Å²) >= 11 is 0. The van der Waals surface area contributed by atoms with Crippen LogP contribution in [0.15, 0.2) is 18.3 Å². The molecule has 0 fully saturated rings. The van der Waals surface area contributed by atoms with Gasteiger partial charge in [0.05, 0.1) is 12.1 Å². The van der Waals surface area contributed by atoms with Gasteiger partial charge in [-0.2, -0.15) is 0 Å². The summed E-state index contributed by atoms with van der Waals surface area (Å²) in [6.45, 7) is 7.05. The van der Waals surface area contributed by atoms with Crippen LogP contribution in [0, 0.1) is 0 Å². The van der Waals surface area contributed by atoms with Crippen molar-refractivity contribution in [2.45, 2.75) is 32.7 Å². The molecule has 0 aliphatic carbocycles. The Morgan fingerprint density at radius 1 is 1.44 bits per heavy atom. The number of nitrogens with zero attached hydrogens (tertiary/aromatic N) is 1. The van der Waals surface area contributed by atoms with Gasteiger partial charge in [0.2, 0.25) is 0 Å². The molecule has 0 radical (unpaired) electrons. The van der Waals surface area contributed by atoms with E-state index in [1.54, 1.807) is 6.20 Å². The van der Waals surface area contributed by atoms with Gasteiger partial charge in [0.15, 0.2) is 0 Å². The zero-order chi connectivity index (χ0) is 12.0. The average Bonchev–Trinajstić information content (AvgIpc) is 2.30. The number of hydrogen-bond donors (Lipinski definition) is 3. The monoisotopic (exact) mass is 223 g/mol. The van der Waals surface area contributed by atoms with Gasteiger partial charge in [0.1, 0.15) is 5.82 Å². The van der Waals surface area contributed by atoms with E-state index >= 15 is 0 Å². The summed E-state index contributed by atoms with van der Waals surface area (Å²) < 4.78 is 0. The molecule has 4 heteroatoms. The standard InChI is InChI=1S/C12H21N3O/c1-4-12(3,9-16)15-10-6-7-14-11(8-10)13-5-2/h6-8,16H,4-5,9H2,1-3H3,(H2,13,14,15). The molecule has 1 heterocycles. The van der Waals surface area contributed by atoms with E-state index in [1.807, 2.05) is 26.0 Å². The summed E-state index contributed by atoms with van der Waals surface area (Å²) in [6.07, 6.45) is 2.62. The molecule has 4 nitrogen and oxygen atoms in total. The summed E-state index contributed by atoms with van der Waals surface area (Å²) in [7, 11) is 0. The maximum Gasteiger partial charge on any atom is 0.127 e. The molecule has 0 bridgehead atoms. The fourth-order valence-corrected chi connectivity index (χ4v) is 1.37. The van der Waals surface area contributed by atoms with E-state index in [1.165, 1.54) is 0 Å². The van der Waals surface area contributed by atoms with Crippen molar-refractivity contribution in [3.05, 3.63) is 18.3 Å². The normalized spacial score (nSPS) is 14.2. The van der Waals surface area contributed by atoms with Gasteiger partial charge < -0.3 is 15.7 Å². The van der Waals surface area contributed by atoms with Gasteiger partial charge in [0.25, 0.3) is 0 Å². The Kier molecular flexibility index (Phi) is 4.55. The Morgan fingerprint density at radius 3 is 2.75 bits per heavy atom. The van der Waals surface area contributed by atoms with E-state index in [9.17, 15) is 5.11 Å². The maximum absolute atomic E-state index is 9.33. The number of rotatable bonds is 6. The third-order valence-corrected chi connectivity index (χ3v) is 2.69. The van der Waals surface area contributed by atoms with E-state index < -0.39 is 0 Å². The smallest absolute Gasteiger partial charge is 0.127 e. The molecule has 16 heavy (non-hydrogen) atoms. The minimum atomic E-state index is -0.273. The number of aliphatic hydroxyl groups excluding tert-OH is 1. The molecule has 0 aromatic carbocycles. The highest BCUT2D eigenvalue weighted by molar-refractivity contribution is 5.53. The van der Waals surface area contributed by atoms with Gasteiger partial charge >= 0.3 is 0 Å².